The molecule has 0 aliphatic carbocycles. The van der Waals surface area contributed by atoms with Gasteiger partial charge in [0.2, 0.25) is 5.91 Å². The molecule has 4 nitrogen and oxygen atoms in total. The van der Waals surface area contributed by atoms with Gasteiger partial charge in [-0.15, -0.1) is 11.3 Å². The highest BCUT2D eigenvalue weighted by atomic mass is 32.1. The topological polar surface area (TPSA) is 49.4 Å². The number of carbonyl (C=O) groups is 2. The van der Waals surface area contributed by atoms with Crippen molar-refractivity contribution in [3.05, 3.63) is 87.1 Å². The second-order valence-electron chi connectivity index (χ2n) is 7.28. The van der Waals surface area contributed by atoms with Gasteiger partial charge in [-0.25, -0.2) is 0 Å². The molecule has 0 bridgehead atoms. The molecule has 3 heterocycles. The second-order valence-corrected chi connectivity index (χ2v) is 8.28. The summed E-state index contributed by atoms with van der Waals surface area (Å²) >= 11 is 1.77. The summed E-state index contributed by atoms with van der Waals surface area (Å²) in [5, 5.41) is 5.01. The molecule has 2 amide bonds. The van der Waals surface area contributed by atoms with E-state index in [1.807, 2.05) is 41.3 Å². The van der Waals surface area contributed by atoms with Gasteiger partial charge in [-0.3, -0.25) is 9.59 Å². The molecular weight excluding hydrogens is 368 g/mol. The van der Waals surface area contributed by atoms with Gasteiger partial charge >= 0.3 is 0 Å². The van der Waals surface area contributed by atoms with Crippen molar-refractivity contribution in [1.29, 1.82) is 0 Å². The fraction of sp³-hybridized carbons (Fsp3) is 0.217. The zero-order valence-electron chi connectivity index (χ0n) is 15.4. The van der Waals surface area contributed by atoms with Gasteiger partial charge in [0, 0.05) is 29.1 Å². The lowest BCUT2D eigenvalue weighted by molar-refractivity contribution is -0.116. The molecule has 0 saturated heterocycles. The van der Waals surface area contributed by atoms with Crippen molar-refractivity contribution in [1.82, 2.24) is 4.90 Å². The number of benzene rings is 2. The van der Waals surface area contributed by atoms with Crippen LogP contribution < -0.4 is 5.32 Å². The first-order valence-electron chi connectivity index (χ1n) is 9.55. The van der Waals surface area contributed by atoms with Crippen LogP contribution in [-0.2, 0) is 17.6 Å². The van der Waals surface area contributed by atoms with E-state index >= 15 is 0 Å². The molecule has 2 aliphatic rings. The SMILES string of the molecule is O=C1CCc2cc(C(=O)N3CCc4sccc4C3c3ccccc3)ccc2N1. The number of hydrogen-bond donors (Lipinski definition) is 1. The van der Waals surface area contributed by atoms with Gasteiger partial charge in [-0.05, 0) is 59.2 Å². The van der Waals surface area contributed by atoms with Gasteiger partial charge in [-0.2, -0.15) is 0 Å². The number of aryl methyl sites for hydroxylation is 1. The standard InChI is InChI=1S/C23H20N2O2S/c26-21-9-7-16-14-17(6-8-19(16)24-21)23(27)25-12-10-20-18(11-13-28-20)22(25)15-4-2-1-3-5-15/h1-6,8,11,13-14,22H,7,9-10,12H2,(H,24,26). The molecule has 2 aromatic carbocycles. The number of nitrogens with one attached hydrogen (secondary N) is 1. The van der Waals surface area contributed by atoms with Crippen molar-refractivity contribution in [3.8, 4) is 0 Å². The Labute approximate surface area is 167 Å². The van der Waals surface area contributed by atoms with E-state index in [0.29, 0.717) is 24.9 Å². The summed E-state index contributed by atoms with van der Waals surface area (Å²) in [4.78, 5) is 28.5. The molecule has 0 fully saturated rings. The lowest BCUT2D eigenvalue weighted by Gasteiger charge is -2.36. The van der Waals surface area contributed by atoms with Crippen LogP contribution in [0.2, 0.25) is 0 Å². The lowest BCUT2D eigenvalue weighted by atomic mass is 9.92. The summed E-state index contributed by atoms with van der Waals surface area (Å²) in [5.41, 5.74) is 4.93. The fourth-order valence-electron chi connectivity index (χ4n) is 4.21. The van der Waals surface area contributed by atoms with Crippen molar-refractivity contribution in [2.24, 2.45) is 0 Å². The number of rotatable bonds is 2. The molecule has 140 valence electrons. The normalized spacial score (nSPS) is 18.2. The van der Waals surface area contributed by atoms with E-state index in [9.17, 15) is 9.59 Å². The smallest absolute Gasteiger partial charge is 0.254 e. The van der Waals surface area contributed by atoms with Gasteiger partial charge in [0.25, 0.3) is 5.91 Å². The fourth-order valence-corrected chi connectivity index (χ4v) is 5.12. The molecule has 28 heavy (non-hydrogen) atoms. The average Bonchev–Trinajstić information content (AvgIpc) is 3.21. The number of thiophene rings is 1. The summed E-state index contributed by atoms with van der Waals surface area (Å²) in [6, 6.07) is 18.0. The highest BCUT2D eigenvalue weighted by Gasteiger charge is 2.33. The van der Waals surface area contributed by atoms with E-state index in [1.54, 1.807) is 11.3 Å². The van der Waals surface area contributed by atoms with Gasteiger partial charge < -0.3 is 10.2 Å². The molecule has 5 heteroatoms. The zero-order chi connectivity index (χ0) is 19.1. The third kappa shape index (κ3) is 2.92. The van der Waals surface area contributed by atoms with Crippen molar-refractivity contribution in [3.63, 3.8) is 0 Å². The molecule has 5 rings (SSSR count). The predicted octanol–water partition coefficient (Wildman–Crippen LogP) is 4.42. The van der Waals surface area contributed by atoms with Gasteiger partial charge in [0.1, 0.15) is 0 Å². The Morgan fingerprint density at radius 1 is 1.04 bits per heavy atom. The van der Waals surface area contributed by atoms with Crippen molar-refractivity contribution >= 4 is 28.8 Å². The molecule has 0 saturated carbocycles. The summed E-state index contributed by atoms with van der Waals surface area (Å²) < 4.78 is 0. The van der Waals surface area contributed by atoms with E-state index < -0.39 is 0 Å². The largest absolute Gasteiger partial charge is 0.327 e. The third-order valence-electron chi connectivity index (χ3n) is 5.59. The highest BCUT2D eigenvalue weighted by Crippen LogP contribution is 2.38. The minimum atomic E-state index is -0.0561. The molecule has 1 aromatic heterocycles. The molecule has 0 spiro atoms. The van der Waals surface area contributed by atoms with E-state index in [1.165, 1.54) is 10.4 Å². The van der Waals surface area contributed by atoms with Crippen LogP contribution >= 0.6 is 11.3 Å². The van der Waals surface area contributed by atoms with E-state index in [2.05, 4.69) is 28.9 Å². The monoisotopic (exact) mass is 388 g/mol. The second kappa shape index (κ2) is 6.91. The number of amides is 2. The first-order valence-corrected chi connectivity index (χ1v) is 10.4. The molecule has 1 N–H and O–H groups in total. The van der Waals surface area contributed by atoms with E-state index in [4.69, 9.17) is 0 Å². The Morgan fingerprint density at radius 2 is 1.89 bits per heavy atom. The maximum atomic E-state index is 13.5. The Balaban J connectivity index is 1.52. The highest BCUT2D eigenvalue weighted by molar-refractivity contribution is 7.10. The van der Waals surface area contributed by atoms with E-state index in [0.717, 1.165) is 23.2 Å². The molecule has 1 unspecified atom stereocenters. The minimum absolute atomic E-state index is 0.0386. The molecular formula is C23H20N2O2S. The number of nitrogens with zero attached hydrogens (tertiary/aromatic N) is 1. The van der Waals surface area contributed by atoms with Gasteiger partial charge in [0.05, 0.1) is 6.04 Å². The lowest BCUT2D eigenvalue weighted by Crippen LogP contribution is -2.40. The predicted molar refractivity (Wildman–Crippen MR) is 111 cm³/mol. The first-order chi connectivity index (χ1) is 13.7. The Morgan fingerprint density at radius 3 is 2.75 bits per heavy atom. The summed E-state index contributed by atoms with van der Waals surface area (Å²) in [5.74, 6) is 0.0853. The maximum absolute atomic E-state index is 13.5. The summed E-state index contributed by atoms with van der Waals surface area (Å²) in [6.45, 7) is 0.708. The number of anilines is 1. The van der Waals surface area contributed by atoms with Crippen LogP contribution in [0.5, 0.6) is 0 Å². The number of fused-ring (bicyclic) bond motifs is 2. The van der Waals surface area contributed by atoms with Gasteiger partial charge in [0.15, 0.2) is 0 Å². The van der Waals surface area contributed by atoms with Crippen LogP contribution in [0.15, 0.2) is 60.0 Å². The molecule has 3 aromatic rings. The zero-order valence-corrected chi connectivity index (χ0v) is 16.2. The quantitative estimate of drug-likeness (QED) is 0.706. The minimum Gasteiger partial charge on any atom is -0.327 e. The summed E-state index contributed by atoms with van der Waals surface area (Å²) in [6.07, 6.45) is 2.04. The average molecular weight is 388 g/mol. The molecule has 2 aliphatic heterocycles. The molecule has 0 radical (unpaired) electrons. The summed E-state index contributed by atoms with van der Waals surface area (Å²) in [7, 11) is 0. The van der Waals surface area contributed by atoms with Crippen molar-refractivity contribution in [2.45, 2.75) is 25.3 Å². The number of carbonyl (C=O) groups excluding carboxylic acids is 2. The molecule has 1 atom stereocenters. The van der Waals surface area contributed by atoms with Crippen LogP contribution in [0.4, 0.5) is 5.69 Å². The first kappa shape index (κ1) is 17.2. The number of hydrogen-bond acceptors (Lipinski definition) is 3. The van der Waals surface area contributed by atoms with Crippen LogP contribution in [-0.4, -0.2) is 23.3 Å². The van der Waals surface area contributed by atoms with E-state index in [-0.39, 0.29) is 17.9 Å². The van der Waals surface area contributed by atoms with Crippen molar-refractivity contribution in [2.75, 3.05) is 11.9 Å². The van der Waals surface area contributed by atoms with Crippen LogP contribution in [0.3, 0.4) is 0 Å². The van der Waals surface area contributed by atoms with Crippen LogP contribution in [0.1, 0.15) is 44.4 Å². The van der Waals surface area contributed by atoms with Crippen LogP contribution in [0, 0.1) is 0 Å². The van der Waals surface area contributed by atoms with Crippen molar-refractivity contribution < 1.29 is 9.59 Å². The Kier molecular flexibility index (Phi) is 4.24. The maximum Gasteiger partial charge on any atom is 0.254 e. The Bertz CT molecular complexity index is 1060. The van der Waals surface area contributed by atoms with Crippen LogP contribution in [0.25, 0.3) is 0 Å². The van der Waals surface area contributed by atoms with Gasteiger partial charge in [-0.1, -0.05) is 30.3 Å². The Hall–Kier alpha value is -2.92. The third-order valence-corrected chi connectivity index (χ3v) is 6.59.